The van der Waals surface area contributed by atoms with Gasteiger partial charge in [-0.15, -0.1) is 11.8 Å². The molecule has 0 saturated carbocycles. The van der Waals surface area contributed by atoms with Crippen molar-refractivity contribution < 1.29 is 14.3 Å². The van der Waals surface area contributed by atoms with Crippen LogP contribution in [0.3, 0.4) is 0 Å². The van der Waals surface area contributed by atoms with Crippen LogP contribution < -0.4 is 14.8 Å². The smallest absolute Gasteiger partial charge is 0.236 e. The Kier molecular flexibility index (Phi) is 5.97. The summed E-state index contributed by atoms with van der Waals surface area (Å²) >= 11 is 1.66. The van der Waals surface area contributed by atoms with Crippen LogP contribution in [-0.2, 0) is 4.79 Å². The zero-order chi connectivity index (χ0) is 16.1. The third kappa shape index (κ3) is 3.50. The number of thioether (sulfide) groups is 1. The second kappa shape index (κ2) is 7.74. The Bertz CT molecular complexity index is 524. The molecule has 22 heavy (non-hydrogen) atoms. The van der Waals surface area contributed by atoms with Crippen molar-refractivity contribution >= 4 is 17.7 Å². The summed E-state index contributed by atoms with van der Waals surface area (Å²) in [5.74, 6) is 1.76. The van der Waals surface area contributed by atoms with Crippen LogP contribution in [0.25, 0.3) is 0 Å². The highest BCUT2D eigenvalue weighted by Gasteiger charge is 2.39. The lowest BCUT2D eigenvalue weighted by molar-refractivity contribution is -0.129. The largest absolute Gasteiger partial charge is 0.497 e. The summed E-state index contributed by atoms with van der Waals surface area (Å²) in [6.45, 7) is 3.59. The van der Waals surface area contributed by atoms with Gasteiger partial charge < -0.3 is 19.7 Å². The van der Waals surface area contributed by atoms with Gasteiger partial charge in [0.05, 0.1) is 19.5 Å². The lowest BCUT2D eigenvalue weighted by Gasteiger charge is -2.25. The fourth-order valence-corrected chi connectivity index (χ4v) is 3.93. The molecule has 2 rings (SSSR count). The van der Waals surface area contributed by atoms with E-state index in [1.54, 1.807) is 26.0 Å². The molecule has 1 aliphatic heterocycles. The van der Waals surface area contributed by atoms with Gasteiger partial charge in [-0.05, 0) is 45.1 Å². The summed E-state index contributed by atoms with van der Waals surface area (Å²) in [6, 6.07) is 5.74. The number of hydrogen-bond acceptors (Lipinski definition) is 5. The van der Waals surface area contributed by atoms with E-state index in [0.717, 1.165) is 36.6 Å². The van der Waals surface area contributed by atoms with E-state index in [1.165, 1.54) is 0 Å². The van der Waals surface area contributed by atoms with Gasteiger partial charge in [-0.2, -0.15) is 0 Å². The van der Waals surface area contributed by atoms with Gasteiger partial charge in [-0.3, -0.25) is 4.79 Å². The van der Waals surface area contributed by atoms with Gasteiger partial charge in [0.1, 0.15) is 16.9 Å². The lowest BCUT2D eigenvalue weighted by Crippen LogP contribution is -2.32. The molecule has 0 radical (unpaired) electrons. The summed E-state index contributed by atoms with van der Waals surface area (Å²) in [5, 5.41) is 3.07. The van der Waals surface area contributed by atoms with Crippen molar-refractivity contribution in [2.24, 2.45) is 0 Å². The molecule has 1 N–H and O–H groups in total. The molecule has 1 heterocycles. The highest BCUT2D eigenvalue weighted by molar-refractivity contribution is 8.01. The van der Waals surface area contributed by atoms with Crippen LogP contribution in [0.15, 0.2) is 18.2 Å². The van der Waals surface area contributed by atoms with Gasteiger partial charge >= 0.3 is 0 Å². The number of carbonyl (C=O) groups excluding carboxylic acids is 1. The fourth-order valence-electron chi connectivity index (χ4n) is 2.60. The molecule has 122 valence electrons. The van der Waals surface area contributed by atoms with Gasteiger partial charge in [0, 0.05) is 12.1 Å². The number of rotatable bonds is 7. The molecule has 0 bridgehead atoms. The standard InChI is InChI=1S/C16H24N2O3S/c1-11-15(19)18(9-5-8-17-2)16(22-11)13-10-12(20-3)6-7-14(13)21-4/h6-7,10-11,16-17H,5,8-9H2,1-4H3/t11-,16-/m0/s1. The average Bonchev–Trinajstić information content (AvgIpc) is 2.82. The first kappa shape index (κ1) is 17.0. The van der Waals surface area contributed by atoms with Crippen LogP contribution >= 0.6 is 11.8 Å². The minimum Gasteiger partial charge on any atom is -0.497 e. The Morgan fingerprint density at radius 3 is 2.73 bits per heavy atom. The van der Waals surface area contributed by atoms with Crippen molar-refractivity contribution in [1.82, 2.24) is 10.2 Å². The van der Waals surface area contributed by atoms with E-state index >= 15 is 0 Å². The van der Waals surface area contributed by atoms with E-state index in [2.05, 4.69) is 5.32 Å². The highest BCUT2D eigenvalue weighted by Crippen LogP contribution is 2.46. The fraction of sp³-hybridized carbons (Fsp3) is 0.562. The molecule has 1 saturated heterocycles. The molecule has 0 spiro atoms. The Labute approximate surface area is 136 Å². The maximum absolute atomic E-state index is 12.4. The van der Waals surface area contributed by atoms with E-state index < -0.39 is 0 Å². The number of benzene rings is 1. The first-order valence-electron chi connectivity index (χ1n) is 7.44. The molecular weight excluding hydrogens is 300 g/mol. The molecular formula is C16H24N2O3S. The Morgan fingerprint density at radius 2 is 2.09 bits per heavy atom. The maximum Gasteiger partial charge on any atom is 0.236 e. The zero-order valence-electron chi connectivity index (χ0n) is 13.6. The maximum atomic E-state index is 12.4. The highest BCUT2D eigenvalue weighted by atomic mass is 32.2. The van der Waals surface area contributed by atoms with E-state index in [0.29, 0.717) is 0 Å². The number of methoxy groups -OCH3 is 2. The lowest BCUT2D eigenvalue weighted by atomic mass is 10.1. The third-order valence-corrected chi connectivity index (χ3v) is 5.15. The molecule has 1 amide bonds. The van der Waals surface area contributed by atoms with Gasteiger partial charge in [0.15, 0.2) is 0 Å². The van der Waals surface area contributed by atoms with Crippen molar-refractivity contribution in [2.45, 2.75) is 24.0 Å². The first-order valence-corrected chi connectivity index (χ1v) is 8.39. The number of nitrogens with zero attached hydrogens (tertiary/aromatic N) is 1. The van der Waals surface area contributed by atoms with Crippen molar-refractivity contribution in [2.75, 3.05) is 34.4 Å². The molecule has 1 fully saturated rings. The van der Waals surface area contributed by atoms with Gasteiger partial charge in [-0.25, -0.2) is 0 Å². The molecule has 5 nitrogen and oxygen atoms in total. The molecule has 0 unspecified atom stereocenters. The normalized spacial score (nSPS) is 21.3. The van der Waals surface area contributed by atoms with E-state index in [-0.39, 0.29) is 16.5 Å². The summed E-state index contributed by atoms with van der Waals surface area (Å²) in [7, 11) is 5.22. The predicted molar refractivity (Wildman–Crippen MR) is 89.6 cm³/mol. The molecule has 2 atom stereocenters. The summed E-state index contributed by atoms with van der Waals surface area (Å²) in [4.78, 5) is 14.4. The van der Waals surface area contributed by atoms with Crippen molar-refractivity contribution in [3.8, 4) is 11.5 Å². The van der Waals surface area contributed by atoms with Crippen LogP contribution in [0.5, 0.6) is 11.5 Å². The quantitative estimate of drug-likeness (QED) is 0.780. The molecule has 1 aromatic carbocycles. The van der Waals surface area contributed by atoms with Crippen molar-refractivity contribution in [3.05, 3.63) is 23.8 Å². The second-order valence-corrected chi connectivity index (χ2v) is 6.65. The summed E-state index contributed by atoms with van der Waals surface area (Å²) < 4.78 is 10.8. The van der Waals surface area contributed by atoms with Gasteiger partial charge in [0.25, 0.3) is 0 Å². The van der Waals surface area contributed by atoms with E-state index in [9.17, 15) is 4.79 Å². The number of carbonyl (C=O) groups is 1. The van der Waals surface area contributed by atoms with Crippen molar-refractivity contribution in [3.63, 3.8) is 0 Å². The van der Waals surface area contributed by atoms with Crippen LogP contribution in [0.4, 0.5) is 0 Å². The van der Waals surface area contributed by atoms with Crippen LogP contribution in [0.1, 0.15) is 24.3 Å². The number of nitrogens with one attached hydrogen (secondary N) is 1. The zero-order valence-corrected chi connectivity index (χ0v) is 14.4. The summed E-state index contributed by atoms with van der Waals surface area (Å²) in [5.41, 5.74) is 0.994. The minimum absolute atomic E-state index is 0.0237. The number of hydrogen-bond donors (Lipinski definition) is 1. The molecule has 0 aromatic heterocycles. The van der Waals surface area contributed by atoms with E-state index in [1.807, 2.05) is 37.1 Å². The SMILES string of the molecule is CNCCCN1C(=O)[C@H](C)S[C@H]1c1cc(OC)ccc1OC. The predicted octanol–water partition coefficient (Wildman–Crippen LogP) is 2.28. The summed E-state index contributed by atoms with van der Waals surface area (Å²) in [6.07, 6.45) is 0.929. The number of amides is 1. The Hall–Kier alpha value is -1.40. The first-order chi connectivity index (χ1) is 10.6. The van der Waals surface area contributed by atoms with Gasteiger partial charge in [-0.1, -0.05) is 0 Å². The van der Waals surface area contributed by atoms with Crippen LogP contribution in [-0.4, -0.2) is 50.4 Å². The molecule has 1 aliphatic rings. The Morgan fingerprint density at radius 1 is 1.32 bits per heavy atom. The topological polar surface area (TPSA) is 50.8 Å². The minimum atomic E-state index is -0.0320. The second-order valence-electron chi connectivity index (χ2n) is 5.23. The van der Waals surface area contributed by atoms with Gasteiger partial charge in [0.2, 0.25) is 5.91 Å². The number of ether oxygens (including phenoxy) is 2. The van der Waals surface area contributed by atoms with E-state index in [4.69, 9.17) is 9.47 Å². The molecule has 0 aliphatic carbocycles. The van der Waals surface area contributed by atoms with Crippen LogP contribution in [0.2, 0.25) is 0 Å². The molecule has 1 aromatic rings. The third-order valence-electron chi connectivity index (χ3n) is 3.78. The Balaban J connectivity index is 2.29. The monoisotopic (exact) mass is 324 g/mol. The molecule has 6 heteroatoms. The van der Waals surface area contributed by atoms with Crippen molar-refractivity contribution in [1.29, 1.82) is 0 Å². The van der Waals surface area contributed by atoms with Crippen LogP contribution in [0, 0.1) is 0 Å². The average molecular weight is 324 g/mol.